The van der Waals surface area contributed by atoms with Crippen molar-refractivity contribution in [2.45, 2.75) is 49.1 Å². The summed E-state index contributed by atoms with van der Waals surface area (Å²) >= 11 is 0. The lowest BCUT2D eigenvalue weighted by molar-refractivity contribution is 0.211. The second-order valence-electron chi connectivity index (χ2n) is 8.05. The molecule has 1 aliphatic carbocycles. The maximum Gasteiger partial charge on any atom is 0.137 e. The molecule has 1 aromatic carbocycles. The van der Waals surface area contributed by atoms with Gasteiger partial charge >= 0.3 is 0 Å². The van der Waals surface area contributed by atoms with E-state index in [9.17, 15) is 0 Å². The minimum Gasteiger partial charge on any atom is -0.477 e. The van der Waals surface area contributed by atoms with Crippen LogP contribution >= 0.6 is 10.0 Å². The van der Waals surface area contributed by atoms with Gasteiger partial charge in [0, 0.05) is 23.7 Å². The molecule has 1 atom stereocenters. The zero-order valence-corrected chi connectivity index (χ0v) is 16.4. The van der Waals surface area contributed by atoms with E-state index in [1.807, 2.05) is 12.3 Å². The van der Waals surface area contributed by atoms with E-state index >= 15 is 0 Å². The number of nitrogens with one attached hydrogen (secondary N) is 1. The van der Waals surface area contributed by atoms with Crippen molar-refractivity contribution in [3.63, 3.8) is 0 Å². The summed E-state index contributed by atoms with van der Waals surface area (Å²) in [4.78, 5) is 5.77. The highest BCUT2D eigenvalue weighted by Crippen LogP contribution is 2.68. The Morgan fingerprint density at radius 1 is 1.24 bits per heavy atom. The highest BCUT2D eigenvalue weighted by molar-refractivity contribution is 8.33. The molecule has 4 heteroatoms. The Hall–Kier alpha value is -1.52. The molecule has 1 unspecified atom stereocenters. The number of benzene rings is 1. The molecule has 0 spiro atoms. The number of hydrogen-bond donors (Lipinski definition) is 1. The van der Waals surface area contributed by atoms with Gasteiger partial charge in [0.05, 0.1) is 5.69 Å². The number of nitrogens with zero attached hydrogens (tertiary/aromatic N) is 1. The molecule has 2 heterocycles. The average molecular weight is 357 g/mol. The smallest absolute Gasteiger partial charge is 0.137 e. The van der Waals surface area contributed by atoms with Crippen molar-refractivity contribution < 1.29 is 4.74 Å². The van der Waals surface area contributed by atoms with Crippen molar-refractivity contribution in [1.29, 1.82) is 0 Å². The van der Waals surface area contributed by atoms with Crippen molar-refractivity contribution in [3.05, 3.63) is 53.9 Å². The third kappa shape index (κ3) is 3.06. The van der Waals surface area contributed by atoms with E-state index in [4.69, 9.17) is 4.74 Å². The lowest BCUT2D eigenvalue weighted by Crippen LogP contribution is -2.28. The Labute approximate surface area is 152 Å². The third-order valence-corrected chi connectivity index (χ3v) is 9.74. The van der Waals surface area contributed by atoms with Crippen LogP contribution in [0.2, 0.25) is 0 Å². The van der Waals surface area contributed by atoms with Gasteiger partial charge in [-0.2, -0.15) is 10.0 Å². The second-order valence-corrected chi connectivity index (χ2v) is 12.1. The SMILES string of the molecule is CC1(C)Oc2ccc(C(NCc3ccccn3)C3CC3)cc2S1(C)C. The Bertz CT molecular complexity index is 769. The Morgan fingerprint density at radius 2 is 2.04 bits per heavy atom. The van der Waals surface area contributed by atoms with Gasteiger partial charge in [-0.15, -0.1) is 0 Å². The molecular formula is C21H28N2OS. The van der Waals surface area contributed by atoms with E-state index in [1.165, 1.54) is 23.3 Å². The summed E-state index contributed by atoms with van der Waals surface area (Å²) in [6.45, 7) is 5.26. The number of fused-ring (bicyclic) bond motifs is 1. The Morgan fingerprint density at radius 3 is 2.72 bits per heavy atom. The van der Waals surface area contributed by atoms with Crippen molar-refractivity contribution in [2.24, 2.45) is 5.92 Å². The van der Waals surface area contributed by atoms with Gasteiger partial charge in [-0.25, -0.2) is 0 Å². The Kier molecular flexibility index (Phi) is 4.08. The second kappa shape index (κ2) is 6.03. The Balaban J connectivity index is 1.60. The van der Waals surface area contributed by atoms with E-state index in [2.05, 4.69) is 67.0 Å². The van der Waals surface area contributed by atoms with E-state index in [-0.39, 0.29) is 4.93 Å². The highest BCUT2D eigenvalue weighted by atomic mass is 32.3. The molecule has 3 nitrogen and oxygen atoms in total. The van der Waals surface area contributed by atoms with Crippen LogP contribution in [-0.4, -0.2) is 22.4 Å². The summed E-state index contributed by atoms with van der Waals surface area (Å²) in [6.07, 6.45) is 9.24. The molecule has 0 saturated heterocycles. The summed E-state index contributed by atoms with van der Waals surface area (Å²) in [7, 11) is -0.975. The van der Waals surface area contributed by atoms with E-state index < -0.39 is 10.0 Å². The zero-order chi connectivity index (χ0) is 17.7. The van der Waals surface area contributed by atoms with Crippen molar-refractivity contribution >= 4 is 10.0 Å². The molecule has 134 valence electrons. The molecule has 1 fully saturated rings. The quantitative estimate of drug-likeness (QED) is 0.829. The summed E-state index contributed by atoms with van der Waals surface area (Å²) in [5.74, 6) is 1.82. The van der Waals surface area contributed by atoms with Gasteiger partial charge < -0.3 is 10.1 Å². The van der Waals surface area contributed by atoms with Crippen LogP contribution in [0.1, 0.15) is 44.0 Å². The first-order chi connectivity index (χ1) is 11.9. The van der Waals surface area contributed by atoms with Gasteiger partial charge in [0.25, 0.3) is 0 Å². The topological polar surface area (TPSA) is 34.1 Å². The first-order valence-electron chi connectivity index (χ1n) is 9.08. The number of hydrogen-bond acceptors (Lipinski definition) is 3. The average Bonchev–Trinajstić information content (AvgIpc) is 3.38. The van der Waals surface area contributed by atoms with E-state index in [1.54, 1.807) is 0 Å². The molecule has 1 aromatic heterocycles. The molecule has 1 N–H and O–H groups in total. The van der Waals surface area contributed by atoms with E-state index in [0.29, 0.717) is 6.04 Å². The number of ether oxygens (including phenoxy) is 1. The van der Waals surface area contributed by atoms with Crippen LogP contribution in [0.5, 0.6) is 5.75 Å². The number of pyridine rings is 1. The van der Waals surface area contributed by atoms with Crippen molar-refractivity contribution in [2.75, 3.05) is 12.5 Å². The van der Waals surface area contributed by atoms with E-state index in [0.717, 1.165) is 23.9 Å². The summed E-state index contributed by atoms with van der Waals surface area (Å²) in [5, 5.41) is 3.76. The lowest BCUT2D eigenvalue weighted by Gasteiger charge is -2.38. The van der Waals surface area contributed by atoms with Crippen LogP contribution in [0.15, 0.2) is 47.5 Å². The fourth-order valence-electron chi connectivity index (χ4n) is 3.54. The molecule has 4 rings (SSSR count). The van der Waals surface area contributed by atoms with Crippen LogP contribution in [0.3, 0.4) is 0 Å². The fraction of sp³-hybridized carbons (Fsp3) is 0.476. The molecule has 1 saturated carbocycles. The van der Waals surface area contributed by atoms with Crippen molar-refractivity contribution in [1.82, 2.24) is 10.3 Å². The molecule has 0 bridgehead atoms. The van der Waals surface area contributed by atoms with Gasteiger partial charge in [0.15, 0.2) is 0 Å². The summed E-state index contributed by atoms with van der Waals surface area (Å²) < 4.78 is 6.26. The third-order valence-electron chi connectivity index (χ3n) is 5.78. The monoisotopic (exact) mass is 356 g/mol. The molecule has 0 amide bonds. The largest absolute Gasteiger partial charge is 0.477 e. The lowest BCUT2D eigenvalue weighted by atomic mass is 10.0. The predicted octanol–water partition coefficient (Wildman–Crippen LogP) is 4.87. The van der Waals surface area contributed by atoms with Crippen molar-refractivity contribution in [3.8, 4) is 5.75 Å². The summed E-state index contributed by atoms with van der Waals surface area (Å²) in [6, 6.07) is 13.4. The highest BCUT2D eigenvalue weighted by Gasteiger charge is 2.44. The van der Waals surface area contributed by atoms with Gasteiger partial charge in [0.2, 0.25) is 0 Å². The molecule has 2 aromatic rings. The first-order valence-corrected chi connectivity index (χ1v) is 11.5. The zero-order valence-electron chi connectivity index (χ0n) is 15.6. The maximum absolute atomic E-state index is 6.26. The standard InChI is InChI=1S/C21H28N2OS/c1-21(2)24-18-11-10-16(13-19(18)25(21,3)4)20(15-8-9-15)23-14-17-7-5-6-12-22-17/h5-7,10-13,15,20,23H,8-9,14H2,1-4H3. The van der Waals surface area contributed by atoms with Crippen LogP contribution in [0.25, 0.3) is 0 Å². The van der Waals surface area contributed by atoms with Crippen LogP contribution in [0, 0.1) is 5.92 Å². The van der Waals surface area contributed by atoms with Crippen LogP contribution in [0.4, 0.5) is 0 Å². The minimum atomic E-state index is -0.975. The maximum atomic E-state index is 6.26. The fourth-order valence-corrected chi connectivity index (χ4v) is 5.41. The molecule has 0 radical (unpaired) electrons. The van der Waals surface area contributed by atoms with Crippen LogP contribution in [-0.2, 0) is 6.54 Å². The van der Waals surface area contributed by atoms with Gasteiger partial charge in [-0.3, -0.25) is 4.98 Å². The first kappa shape index (κ1) is 16.9. The van der Waals surface area contributed by atoms with Gasteiger partial charge in [-0.05, 0) is 74.9 Å². The molecule has 25 heavy (non-hydrogen) atoms. The molecular weight excluding hydrogens is 328 g/mol. The molecule has 2 aliphatic rings. The van der Waals surface area contributed by atoms with Gasteiger partial charge in [-0.1, -0.05) is 12.1 Å². The predicted molar refractivity (Wildman–Crippen MR) is 105 cm³/mol. The normalized spacial score (nSPS) is 22.7. The van der Waals surface area contributed by atoms with Crippen LogP contribution < -0.4 is 10.1 Å². The minimum absolute atomic E-state index is 0.0928. The number of aromatic nitrogens is 1. The number of rotatable bonds is 5. The summed E-state index contributed by atoms with van der Waals surface area (Å²) in [5.41, 5.74) is 2.50. The molecule has 1 aliphatic heterocycles. The van der Waals surface area contributed by atoms with Gasteiger partial charge in [0.1, 0.15) is 10.7 Å².